The van der Waals surface area contributed by atoms with Gasteiger partial charge < -0.3 is 9.80 Å². The number of hydrogen-bond donors (Lipinski definition) is 1. The zero-order valence-electron chi connectivity index (χ0n) is 14.8. The number of amides is 2. The van der Waals surface area contributed by atoms with E-state index in [1.165, 1.54) is 5.69 Å². The fraction of sp³-hybridized carbons (Fsp3) is 0.444. The fourth-order valence-electron chi connectivity index (χ4n) is 2.99. The molecule has 0 bridgehead atoms. The Kier molecular flexibility index (Phi) is 4.22. The van der Waals surface area contributed by atoms with Crippen LogP contribution in [0.3, 0.4) is 0 Å². The van der Waals surface area contributed by atoms with Gasteiger partial charge >= 0.3 is 6.03 Å². The molecule has 0 spiro atoms. The Morgan fingerprint density at radius 3 is 2.67 bits per heavy atom. The topological polar surface area (TPSA) is 53.4 Å². The number of nitrogens with zero attached hydrogens (tertiary/aromatic N) is 4. The summed E-state index contributed by atoms with van der Waals surface area (Å²) >= 11 is 0. The van der Waals surface area contributed by atoms with Crippen LogP contribution in [-0.2, 0) is 12.1 Å². The highest BCUT2D eigenvalue weighted by Crippen LogP contribution is 2.24. The Labute approximate surface area is 143 Å². The van der Waals surface area contributed by atoms with Gasteiger partial charge in [-0.3, -0.25) is 5.32 Å². The SMILES string of the molecule is CN1CCN(C(=O)Nc2ccnn2C(C)(C)C)Cc2ccccc21. The lowest BCUT2D eigenvalue weighted by Crippen LogP contribution is -2.38. The molecule has 2 aromatic rings. The molecule has 6 nitrogen and oxygen atoms in total. The number of likely N-dealkylation sites (N-methyl/N-ethyl adjacent to an activating group) is 1. The van der Waals surface area contributed by atoms with Gasteiger partial charge in [-0.1, -0.05) is 18.2 Å². The number of carbonyl (C=O) groups excluding carboxylic acids is 1. The molecule has 128 valence electrons. The minimum atomic E-state index is -0.183. The third kappa shape index (κ3) is 3.22. The van der Waals surface area contributed by atoms with Gasteiger partial charge in [0, 0.05) is 38.4 Å². The van der Waals surface area contributed by atoms with Crippen molar-refractivity contribution >= 4 is 17.5 Å². The third-order valence-electron chi connectivity index (χ3n) is 4.27. The van der Waals surface area contributed by atoms with E-state index in [-0.39, 0.29) is 11.6 Å². The summed E-state index contributed by atoms with van der Waals surface area (Å²) in [6, 6.07) is 9.98. The van der Waals surface area contributed by atoms with E-state index in [2.05, 4.69) is 55.3 Å². The van der Waals surface area contributed by atoms with Crippen molar-refractivity contribution in [2.45, 2.75) is 32.9 Å². The van der Waals surface area contributed by atoms with Gasteiger partial charge in [-0.25, -0.2) is 9.48 Å². The van der Waals surface area contributed by atoms with Crippen LogP contribution < -0.4 is 10.2 Å². The summed E-state index contributed by atoms with van der Waals surface area (Å²) in [6.45, 7) is 8.28. The quantitative estimate of drug-likeness (QED) is 0.875. The summed E-state index contributed by atoms with van der Waals surface area (Å²) in [7, 11) is 2.06. The minimum Gasteiger partial charge on any atom is -0.373 e. The summed E-state index contributed by atoms with van der Waals surface area (Å²) < 4.78 is 1.84. The van der Waals surface area contributed by atoms with Crippen LogP contribution in [0.2, 0.25) is 0 Å². The molecule has 1 aliphatic rings. The Balaban J connectivity index is 1.78. The van der Waals surface area contributed by atoms with Crippen LogP contribution in [0.4, 0.5) is 16.3 Å². The van der Waals surface area contributed by atoms with E-state index in [4.69, 9.17) is 0 Å². The van der Waals surface area contributed by atoms with E-state index < -0.39 is 0 Å². The molecule has 0 unspecified atom stereocenters. The van der Waals surface area contributed by atoms with E-state index in [9.17, 15) is 4.79 Å². The first kappa shape index (κ1) is 16.4. The van der Waals surface area contributed by atoms with E-state index in [1.807, 2.05) is 27.8 Å². The predicted molar refractivity (Wildman–Crippen MR) is 96.4 cm³/mol. The second-order valence-corrected chi connectivity index (χ2v) is 7.20. The van der Waals surface area contributed by atoms with Crippen LogP contribution in [0.1, 0.15) is 26.3 Å². The molecule has 6 heteroatoms. The molecule has 2 heterocycles. The van der Waals surface area contributed by atoms with Gasteiger partial charge in [-0.15, -0.1) is 0 Å². The van der Waals surface area contributed by atoms with Gasteiger partial charge in [0.05, 0.1) is 11.7 Å². The van der Waals surface area contributed by atoms with E-state index in [1.54, 1.807) is 6.20 Å². The van der Waals surface area contributed by atoms with Gasteiger partial charge in [0.15, 0.2) is 0 Å². The molecule has 0 radical (unpaired) electrons. The van der Waals surface area contributed by atoms with Crippen molar-refractivity contribution in [3.63, 3.8) is 0 Å². The van der Waals surface area contributed by atoms with Crippen LogP contribution in [0, 0.1) is 0 Å². The smallest absolute Gasteiger partial charge is 0.323 e. The van der Waals surface area contributed by atoms with Crippen LogP contribution in [0.5, 0.6) is 0 Å². The number of para-hydroxylation sites is 1. The van der Waals surface area contributed by atoms with Crippen molar-refractivity contribution in [1.29, 1.82) is 0 Å². The Morgan fingerprint density at radius 2 is 1.92 bits per heavy atom. The third-order valence-corrected chi connectivity index (χ3v) is 4.27. The monoisotopic (exact) mass is 327 g/mol. The van der Waals surface area contributed by atoms with Gasteiger partial charge in [0.1, 0.15) is 5.82 Å². The number of aromatic nitrogens is 2. The number of rotatable bonds is 1. The van der Waals surface area contributed by atoms with Gasteiger partial charge in [-0.2, -0.15) is 5.10 Å². The van der Waals surface area contributed by atoms with E-state index in [0.717, 1.165) is 17.9 Å². The molecular weight excluding hydrogens is 302 g/mol. The molecule has 0 aliphatic carbocycles. The second-order valence-electron chi connectivity index (χ2n) is 7.20. The maximum Gasteiger partial charge on any atom is 0.323 e. The summed E-state index contributed by atoms with van der Waals surface area (Å²) in [6.07, 6.45) is 1.71. The van der Waals surface area contributed by atoms with Gasteiger partial charge in [-0.05, 0) is 32.4 Å². The van der Waals surface area contributed by atoms with Crippen molar-refractivity contribution in [3.8, 4) is 0 Å². The lowest BCUT2D eigenvalue weighted by atomic mass is 10.1. The standard InChI is InChI=1S/C18H25N5O/c1-18(2,3)23-16(9-10-19-23)20-17(24)22-12-11-21(4)15-8-6-5-7-14(15)13-22/h5-10H,11-13H2,1-4H3,(H,20,24). The van der Waals surface area contributed by atoms with Crippen molar-refractivity contribution < 1.29 is 4.79 Å². The zero-order chi connectivity index (χ0) is 17.3. The number of benzene rings is 1. The van der Waals surface area contributed by atoms with Crippen LogP contribution in [-0.4, -0.2) is 40.8 Å². The molecular formula is C18H25N5O. The lowest BCUT2D eigenvalue weighted by Gasteiger charge is -2.25. The van der Waals surface area contributed by atoms with Crippen LogP contribution in [0.25, 0.3) is 0 Å². The molecule has 1 aromatic carbocycles. The number of nitrogens with one attached hydrogen (secondary N) is 1. The average Bonchev–Trinajstić information content (AvgIpc) is 2.92. The van der Waals surface area contributed by atoms with Gasteiger partial charge in [0.2, 0.25) is 0 Å². The molecule has 0 saturated heterocycles. The molecule has 0 saturated carbocycles. The molecule has 0 atom stereocenters. The molecule has 24 heavy (non-hydrogen) atoms. The van der Waals surface area contributed by atoms with Gasteiger partial charge in [0.25, 0.3) is 0 Å². The highest BCUT2D eigenvalue weighted by molar-refractivity contribution is 5.88. The molecule has 1 aliphatic heterocycles. The van der Waals surface area contributed by atoms with Crippen LogP contribution >= 0.6 is 0 Å². The summed E-state index contributed by atoms with van der Waals surface area (Å²) in [4.78, 5) is 16.8. The lowest BCUT2D eigenvalue weighted by molar-refractivity contribution is 0.211. The number of urea groups is 1. The fourth-order valence-corrected chi connectivity index (χ4v) is 2.99. The maximum absolute atomic E-state index is 12.8. The largest absolute Gasteiger partial charge is 0.373 e. The molecule has 1 N–H and O–H groups in total. The first-order valence-electron chi connectivity index (χ1n) is 8.26. The first-order chi connectivity index (χ1) is 11.4. The maximum atomic E-state index is 12.8. The number of hydrogen-bond acceptors (Lipinski definition) is 3. The highest BCUT2D eigenvalue weighted by Gasteiger charge is 2.23. The van der Waals surface area contributed by atoms with E-state index >= 15 is 0 Å². The predicted octanol–water partition coefficient (Wildman–Crippen LogP) is 3.12. The van der Waals surface area contributed by atoms with E-state index in [0.29, 0.717) is 13.1 Å². The summed E-state index contributed by atoms with van der Waals surface area (Å²) in [5.41, 5.74) is 2.17. The first-order valence-corrected chi connectivity index (χ1v) is 8.26. The molecule has 2 amide bonds. The average molecular weight is 327 g/mol. The molecule has 1 aromatic heterocycles. The summed E-state index contributed by atoms with van der Waals surface area (Å²) in [5.74, 6) is 0.721. The minimum absolute atomic E-state index is 0.0916. The number of anilines is 2. The highest BCUT2D eigenvalue weighted by atomic mass is 16.2. The van der Waals surface area contributed by atoms with Crippen molar-refractivity contribution in [2.24, 2.45) is 0 Å². The number of carbonyl (C=O) groups is 1. The molecule has 0 fully saturated rings. The Hall–Kier alpha value is -2.50. The Bertz CT molecular complexity index is 731. The van der Waals surface area contributed by atoms with Crippen molar-refractivity contribution in [1.82, 2.24) is 14.7 Å². The zero-order valence-corrected chi connectivity index (χ0v) is 14.8. The molecule has 3 rings (SSSR count). The Morgan fingerprint density at radius 1 is 1.17 bits per heavy atom. The second kappa shape index (κ2) is 6.19. The van der Waals surface area contributed by atoms with Crippen molar-refractivity contribution in [3.05, 3.63) is 42.1 Å². The van der Waals surface area contributed by atoms with Crippen LogP contribution in [0.15, 0.2) is 36.5 Å². The summed E-state index contributed by atoms with van der Waals surface area (Å²) in [5, 5.41) is 7.34. The number of fused-ring (bicyclic) bond motifs is 1. The van der Waals surface area contributed by atoms with Crippen molar-refractivity contribution in [2.75, 3.05) is 30.4 Å². The normalized spacial score (nSPS) is 15.0.